The van der Waals surface area contributed by atoms with Gasteiger partial charge in [0.15, 0.2) is 34.7 Å². The number of nitrogens with two attached hydrogens (primary N) is 1. The summed E-state index contributed by atoms with van der Waals surface area (Å²) in [5, 5.41) is 22.3. The topological polar surface area (TPSA) is 155 Å². The van der Waals surface area contributed by atoms with Gasteiger partial charge in [0.25, 0.3) is 0 Å². The third kappa shape index (κ3) is 3.79. The van der Waals surface area contributed by atoms with Crippen molar-refractivity contribution in [2.75, 3.05) is 14.1 Å². The molecule has 1 amide bonds. The lowest BCUT2D eigenvalue weighted by Gasteiger charge is -2.52. The number of phenols is 1. The normalized spacial score (nSPS) is 33.2. The molecule has 0 spiro atoms. The Hall–Kier alpha value is -3.43. The van der Waals surface area contributed by atoms with E-state index in [1.54, 1.807) is 20.2 Å². The molecule has 1 aromatic rings. The van der Waals surface area contributed by atoms with Gasteiger partial charge >= 0.3 is 0 Å². The minimum absolute atomic E-state index is 0.0105. The molecular formula is C29H32N2O7. The molecule has 0 heterocycles. The lowest BCUT2D eigenvalue weighted by molar-refractivity contribution is -0.181. The van der Waals surface area contributed by atoms with Gasteiger partial charge in [0.1, 0.15) is 5.75 Å². The minimum Gasteiger partial charge on any atom is -0.507 e. The van der Waals surface area contributed by atoms with Crippen LogP contribution in [-0.4, -0.2) is 69.9 Å². The molecule has 9 nitrogen and oxygen atoms in total. The highest BCUT2D eigenvalue weighted by Gasteiger charge is 2.69. The van der Waals surface area contributed by atoms with Crippen molar-refractivity contribution in [3.8, 4) is 5.75 Å². The van der Waals surface area contributed by atoms with Crippen LogP contribution in [0.2, 0.25) is 0 Å². The highest BCUT2D eigenvalue weighted by molar-refractivity contribution is 6.32. The fourth-order valence-electron chi connectivity index (χ4n) is 7.00. The second-order valence-corrected chi connectivity index (χ2v) is 11.2. The number of benzene rings is 1. The summed E-state index contributed by atoms with van der Waals surface area (Å²) in [6, 6.07) is 2.03. The number of aromatic hydroxyl groups is 1. The molecule has 0 aromatic heterocycles. The summed E-state index contributed by atoms with van der Waals surface area (Å²) >= 11 is 0. The zero-order valence-electron chi connectivity index (χ0n) is 21.5. The van der Waals surface area contributed by atoms with E-state index in [0.717, 1.165) is 31.2 Å². The maximum Gasteiger partial charge on any atom is 0.235 e. The zero-order valence-corrected chi connectivity index (χ0v) is 21.5. The van der Waals surface area contributed by atoms with Crippen molar-refractivity contribution < 1.29 is 34.2 Å². The van der Waals surface area contributed by atoms with E-state index < -0.39 is 64.4 Å². The summed E-state index contributed by atoms with van der Waals surface area (Å²) in [6.07, 6.45) is 10.6. The number of carbonyl (C=O) groups excluding carboxylic acids is 5. The lowest BCUT2D eigenvalue weighted by Crippen LogP contribution is -2.74. The van der Waals surface area contributed by atoms with Crippen molar-refractivity contribution in [3.05, 3.63) is 46.5 Å². The zero-order chi connectivity index (χ0) is 27.5. The number of phenolic OH excluding ortho intramolecular Hbond substituents is 1. The van der Waals surface area contributed by atoms with Crippen LogP contribution in [0.3, 0.4) is 0 Å². The molecule has 2 fully saturated rings. The van der Waals surface area contributed by atoms with Crippen molar-refractivity contribution in [3.63, 3.8) is 0 Å². The standard InChI is InChI=1S/C29H32N2O7/c1-31(2)23-18-13-16-12-17-15(9-8-14-6-4-3-5-7-14)10-11-19(32)21(17)24(33)20(16)26(35)29(18,38)27(36)22(25(23)34)28(30)37/h6,8-11,16,18,20,22-23,32,38H,3-5,7,12-13H2,1-2H3,(H2,30,37)/b9-8+/t16-,18-,20?,22?,23-,29-/m0/s1. The average molecular weight is 521 g/mol. The Morgan fingerprint density at radius 3 is 2.47 bits per heavy atom. The Morgan fingerprint density at radius 2 is 1.84 bits per heavy atom. The molecule has 4 aliphatic rings. The molecule has 1 aromatic carbocycles. The second kappa shape index (κ2) is 9.39. The van der Waals surface area contributed by atoms with E-state index in [-0.39, 0.29) is 24.2 Å². The first kappa shape index (κ1) is 26.2. The number of primary amides is 1. The third-order valence-electron chi connectivity index (χ3n) is 8.78. The first-order chi connectivity index (χ1) is 18.0. The number of fused-ring (bicyclic) bond motifs is 3. The van der Waals surface area contributed by atoms with Crippen LogP contribution in [0.15, 0.2) is 29.9 Å². The van der Waals surface area contributed by atoms with Gasteiger partial charge in [0, 0.05) is 5.92 Å². The Bertz CT molecular complexity index is 1330. The Morgan fingerprint density at radius 1 is 1.11 bits per heavy atom. The molecule has 0 radical (unpaired) electrons. The molecule has 38 heavy (non-hydrogen) atoms. The minimum atomic E-state index is -2.71. The number of ketones is 4. The molecule has 4 aliphatic carbocycles. The van der Waals surface area contributed by atoms with Crippen LogP contribution in [0.5, 0.6) is 5.75 Å². The van der Waals surface area contributed by atoms with Crippen LogP contribution >= 0.6 is 0 Å². The van der Waals surface area contributed by atoms with Crippen molar-refractivity contribution in [1.82, 2.24) is 4.90 Å². The van der Waals surface area contributed by atoms with Gasteiger partial charge in [-0.25, -0.2) is 0 Å². The number of hydrogen-bond acceptors (Lipinski definition) is 8. The van der Waals surface area contributed by atoms with Crippen LogP contribution in [-0.2, 0) is 25.6 Å². The predicted octanol–water partition coefficient (Wildman–Crippen LogP) is 1.38. The average Bonchev–Trinajstić information content (AvgIpc) is 2.86. The molecule has 0 saturated heterocycles. The summed E-state index contributed by atoms with van der Waals surface area (Å²) < 4.78 is 0. The van der Waals surface area contributed by atoms with E-state index in [1.165, 1.54) is 16.5 Å². The number of likely N-dealkylation sites (N-methyl/N-ethyl adjacent to an activating group) is 1. The van der Waals surface area contributed by atoms with Gasteiger partial charge in [-0.3, -0.25) is 28.9 Å². The van der Waals surface area contributed by atoms with Crippen molar-refractivity contribution >= 4 is 35.1 Å². The van der Waals surface area contributed by atoms with E-state index in [2.05, 4.69) is 6.08 Å². The Kier molecular flexibility index (Phi) is 6.47. The summed E-state index contributed by atoms with van der Waals surface area (Å²) in [5.41, 5.74) is 5.20. The monoisotopic (exact) mass is 520 g/mol. The number of rotatable bonds is 4. The van der Waals surface area contributed by atoms with Gasteiger partial charge < -0.3 is 15.9 Å². The van der Waals surface area contributed by atoms with E-state index in [0.29, 0.717) is 5.56 Å². The van der Waals surface area contributed by atoms with Crippen LogP contribution < -0.4 is 5.73 Å². The van der Waals surface area contributed by atoms with Crippen molar-refractivity contribution in [2.24, 2.45) is 29.4 Å². The molecule has 4 N–H and O–H groups in total. The number of aliphatic hydroxyl groups is 1. The number of hydrogen-bond donors (Lipinski definition) is 3. The second-order valence-electron chi connectivity index (χ2n) is 11.2. The highest BCUT2D eigenvalue weighted by Crippen LogP contribution is 2.51. The van der Waals surface area contributed by atoms with Crippen molar-refractivity contribution in [2.45, 2.75) is 50.2 Å². The van der Waals surface area contributed by atoms with Gasteiger partial charge in [0.2, 0.25) is 5.91 Å². The quantitative estimate of drug-likeness (QED) is 0.503. The molecule has 2 unspecified atom stereocenters. The maximum absolute atomic E-state index is 13.8. The largest absolute Gasteiger partial charge is 0.507 e. The van der Waals surface area contributed by atoms with Crippen LogP contribution in [0.1, 0.15) is 53.6 Å². The van der Waals surface area contributed by atoms with E-state index in [9.17, 15) is 34.2 Å². The first-order valence-electron chi connectivity index (χ1n) is 13.0. The summed E-state index contributed by atoms with van der Waals surface area (Å²) in [7, 11) is 3.13. The number of amides is 1. The van der Waals surface area contributed by atoms with Crippen molar-refractivity contribution in [1.29, 1.82) is 0 Å². The molecule has 200 valence electrons. The molecule has 9 heteroatoms. The molecule has 0 bridgehead atoms. The number of Topliss-reactive ketones (excluding diaryl/α,β-unsaturated/α-hetero) is 4. The van der Waals surface area contributed by atoms with Crippen LogP contribution in [0.4, 0.5) is 0 Å². The van der Waals surface area contributed by atoms with Gasteiger partial charge in [0.05, 0.1) is 17.5 Å². The number of allylic oxidation sites excluding steroid dienone is 3. The number of carbonyl (C=O) groups is 5. The first-order valence-corrected chi connectivity index (χ1v) is 13.0. The van der Waals surface area contributed by atoms with Gasteiger partial charge in [-0.1, -0.05) is 29.9 Å². The fourth-order valence-corrected chi connectivity index (χ4v) is 7.00. The third-order valence-corrected chi connectivity index (χ3v) is 8.78. The Labute approximate surface area is 220 Å². The maximum atomic E-state index is 13.8. The smallest absolute Gasteiger partial charge is 0.235 e. The van der Waals surface area contributed by atoms with Gasteiger partial charge in [-0.15, -0.1) is 0 Å². The summed E-state index contributed by atoms with van der Waals surface area (Å²) in [4.78, 5) is 67.6. The summed E-state index contributed by atoms with van der Waals surface area (Å²) in [6.45, 7) is 0. The molecule has 6 atom stereocenters. The SMILES string of the molecule is CN(C)[C@@H]1C(=O)C(C(N)=O)C(=O)[C@@]2(O)C(=O)C3C(=O)c4c(O)ccc(/C=C/C5=CCCCC5)c4C[C@H]3C[C@@H]12. The fraction of sp³-hybridized carbons (Fsp3) is 0.483. The Balaban J connectivity index is 1.59. The molecule has 5 rings (SSSR count). The van der Waals surface area contributed by atoms with E-state index in [1.807, 2.05) is 12.2 Å². The van der Waals surface area contributed by atoms with Crippen LogP contribution in [0.25, 0.3) is 6.08 Å². The van der Waals surface area contributed by atoms with Gasteiger partial charge in [-0.2, -0.15) is 0 Å². The van der Waals surface area contributed by atoms with Gasteiger partial charge in [-0.05, 0) is 75.7 Å². The predicted molar refractivity (Wildman–Crippen MR) is 137 cm³/mol. The van der Waals surface area contributed by atoms with Crippen LogP contribution in [0, 0.1) is 23.7 Å². The van der Waals surface area contributed by atoms with E-state index in [4.69, 9.17) is 5.73 Å². The molecule has 0 aliphatic heterocycles. The lowest BCUT2D eigenvalue weighted by atomic mass is 9.52. The molecule has 2 saturated carbocycles. The summed E-state index contributed by atoms with van der Waals surface area (Å²) in [5.74, 6) is -10.3. The molecular weight excluding hydrogens is 488 g/mol. The highest BCUT2D eigenvalue weighted by atomic mass is 16.3. The number of nitrogens with zero attached hydrogens (tertiary/aromatic N) is 1. The van der Waals surface area contributed by atoms with E-state index >= 15 is 0 Å².